The quantitative estimate of drug-likeness (QED) is 0.743. The van der Waals surface area contributed by atoms with Gasteiger partial charge in [0.1, 0.15) is 0 Å². The Balaban J connectivity index is 2.60. The number of hydrogen-bond donors (Lipinski definition) is 0. The Morgan fingerprint density at radius 2 is 2.21 bits per heavy atom. The summed E-state index contributed by atoms with van der Waals surface area (Å²) in [6.45, 7) is 1.94. The van der Waals surface area contributed by atoms with Crippen molar-refractivity contribution >= 4 is 15.8 Å². The van der Waals surface area contributed by atoms with Crippen LogP contribution >= 0.6 is 0 Å². The minimum atomic E-state index is -3.33. The van der Waals surface area contributed by atoms with Crippen molar-refractivity contribution < 1.29 is 8.42 Å². The predicted molar refractivity (Wildman–Crippen MR) is 54.7 cm³/mol. The summed E-state index contributed by atoms with van der Waals surface area (Å²) >= 11 is 0. The zero-order valence-corrected chi connectivity index (χ0v) is 8.87. The summed E-state index contributed by atoms with van der Waals surface area (Å²) < 4.78 is 26.3. The van der Waals surface area contributed by atoms with Crippen LogP contribution in [-0.2, 0) is 10.0 Å². The van der Waals surface area contributed by atoms with Crippen LogP contribution in [0.3, 0.4) is 0 Å². The molecule has 0 amide bonds. The molecule has 1 rings (SSSR count). The van der Waals surface area contributed by atoms with E-state index in [1.807, 2.05) is 6.92 Å². The maximum Gasteiger partial charge on any atom is 0.255 e. The molecule has 0 saturated carbocycles. The number of nitrogens with zero attached hydrogens (tertiary/aromatic N) is 2. The first-order valence-electron chi connectivity index (χ1n) is 4.51. The second kappa shape index (κ2) is 4.95. The highest BCUT2D eigenvalue weighted by atomic mass is 32.2. The normalized spacial score (nSPS) is 11.2. The maximum absolute atomic E-state index is 11.4. The van der Waals surface area contributed by atoms with E-state index in [0.29, 0.717) is 6.42 Å². The molecule has 0 aliphatic carbocycles. The summed E-state index contributed by atoms with van der Waals surface area (Å²) in [5, 5.41) is 0. The minimum absolute atomic E-state index is 0.0973. The molecule has 0 spiro atoms. The van der Waals surface area contributed by atoms with Crippen LogP contribution in [0.5, 0.6) is 0 Å². The standard InChI is InChI=1S/C9H13N2O2S/c1-2-3-8-14(12,13)11-9-6-4-5-7-10-9/h4-7H,2-3,8H2,1H3. The Hall–Kier alpha value is -1.10. The van der Waals surface area contributed by atoms with Gasteiger partial charge in [0, 0.05) is 6.20 Å². The van der Waals surface area contributed by atoms with Gasteiger partial charge < -0.3 is 0 Å². The summed E-state index contributed by atoms with van der Waals surface area (Å²) in [7, 11) is -3.33. The smallest absolute Gasteiger partial charge is 0.236 e. The van der Waals surface area contributed by atoms with Crippen LogP contribution in [-0.4, -0.2) is 19.2 Å². The first-order valence-corrected chi connectivity index (χ1v) is 6.11. The summed E-state index contributed by atoms with van der Waals surface area (Å²) in [5.41, 5.74) is 0. The topological polar surface area (TPSA) is 61.1 Å². The Morgan fingerprint density at radius 3 is 2.79 bits per heavy atom. The fraction of sp³-hybridized carbons (Fsp3) is 0.444. The van der Waals surface area contributed by atoms with Crippen molar-refractivity contribution in [1.82, 2.24) is 9.71 Å². The summed E-state index contributed by atoms with van der Waals surface area (Å²) in [6.07, 6.45) is 3.00. The van der Waals surface area contributed by atoms with E-state index < -0.39 is 10.0 Å². The summed E-state index contributed by atoms with van der Waals surface area (Å²) in [6, 6.07) is 5.00. The first kappa shape index (κ1) is 11.0. The van der Waals surface area contributed by atoms with Crippen molar-refractivity contribution in [2.45, 2.75) is 19.8 Å². The second-order valence-electron chi connectivity index (χ2n) is 2.92. The van der Waals surface area contributed by atoms with Crippen LogP contribution in [0.1, 0.15) is 19.8 Å². The van der Waals surface area contributed by atoms with Crippen molar-refractivity contribution in [3.8, 4) is 0 Å². The molecule has 5 heteroatoms. The third kappa shape index (κ3) is 3.74. The van der Waals surface area contributed by atoms with Crippen LogP contribution in [0.2, 0.25) is 0 Å². The molecule has 14 heavy (non-hydrogen) atoms. The Labute approximate surface area is 84.4 Å². The molecule has 0 fully saturated rings. The summed E-state index contributed by atoms with van der Waals surface area (Å²) in [5.74, 6) is 0.351. The maximum atomic E-state index is 11.4. The highest BCUT2D eigenvalue weighted by Crippen LogP contribution is 2.05. The van der Waals surface area contributed by atoms with Gasteiger partial charge in [0.15, 0.2) is 5.82 Å². The van der Waals surface area contributed by atoms with E-state index in [1.165, 1.54) is 6.20 Å². The van der Waals surface area contributed by atoms with Crippen LogP contribution < -0.4 is 4.72 Å². The average Bonchev–Trinajstić information content (AvgIpc) is 2.16. The molecule has 0 N–H and O–H groups in total. The van der Waals surface area contributed by atoms with Crippen LogP contribution in [0.15, 0.2) is 24.4 Å². The third-order valence-corrected chi connectivity index (χ3v) is 2.91. The van der Waals surface area contributed by atoms with Crippen LogP contribution in [0, 0.1) is 0 Å². The number of pyridine rings is 1. The Morgan fingerprint density at radius 1 is 1.43 bits per heavy atom. The SMILES string of the molecule is CCCCS(=O)(=O)[N]c1ccccn1. The average molecular weight is 213 g/mol. The molecule has 0 aliphatic rings. The molecule has 0 unspecified atom stereocenters. The number of sulfonamides is 1. The molecule has 0 aliphatic heterocycles. The van der Waals surface area contributed by atoms with Crippen molar-refractivity contribution in [3.63, 3.8) is 0 Å². The number of rotatable bonds is 5. The lowest BCUT2D eigenvalue weighted by atomic mass is 10.4. The van der Waals surface area contributed by atoms with E-state index in [2.05, 4.69) is 9.71 Å². The van der Waals surface area contributed by atoms with Gasteiger partial charge in [-0.15, -0.1) is 4.72 Å². The van der Waals surface area contributed by atoms with Crippen molar-refractivity contribution in [2.75, 3.05) is 5.75 Å². The van der Waals surface area contributed by atoms with Crippen molar-refractivity contribution in [2.24, 2.45) is 0 Å². The molecule has 77 valence electrons. The van der Waals surface area contributed by atoms with E-state index in [-0.39, 0.29) is 11.6 Å². The molecule has 1 aromatic rings. The van der Waals surface area contributed by atoms with Gasteiger partial charge in [-0.3, -0.25) is 0 Å². The lowest BCUT2D eigenvalue weighted by molar-refractivity contribution is 0.586. The lowest BCUT2D eigenvalue weighted by Crippen LogP contribution is -2.16. The van der Waals surface area contributed by atoms with Crippen molar-refractivity contribution in [3.05, 3.63) is 24.4 Å². The monoisotopic (exact) mass is 213 g/mol. The third-order valence-electron chi connectivity index (χ3n) is 1.64. The molecule has 1 radical (unpaired) electrons. The zero-order chi connectivity index (χ0) is 10.4. The molecule has 1 heterocycles. The molecule has 0 bridgehead atoms. The fourth-order valence-corrected chi connectivity index (χ4v) is 2.06. The Bertz CT molecular complexity index is 362. The molecule has 1 aromatic heterocycles. The Kier molecular flexibility index (Phi) is 3.88. The van der Waals surface area contributed by atoms with Gasteiger partial charge >= 0.3 is 0 Å². The van der Waals surface area contributed by atoms with Gasteiger partial charge in [-0.2, -0.15) is 0 Å². The van der Waals surface area contributed by atoms with Gasteiger partial charge in [0.2, 0.25) is 0 Å². The van der Waals surface area contributed by atoms with Crippen LogP contribution in [0.4, 0.5) is 5.82 Å². The molecular formula is C9H13N2O2S. The molecule has 0 aromatic carbocycles. The van der Waals surface area contributed by atoms with Crippen molar-refractivity contribution in [1.29, 1.82) is 0 Å². The molecule has 0 saturated heterocycles. The predicted octanol–water partition coefficient (Wildman–Crippen LogP) is 1.45. The lowest BCUT2D eigenvalue weighted by Gasteiger charge is -2.01. The molecule has 4 nitrogen and oxygen atoms in total. The zero-order valence-electron chi connectivity index (χ0n) is 8.05. The number of unbranched alkanes of at least 4 members (excludes halogenated alkanes) is 1. The largest absolute Gasteiger partial charge is 0.255 e. The van der Waals surface area contributed by atoms with Gasteiger partial charge in [0.25, 0.3) is 10.0 Å². The van der Waals surface area contributed by atoms with Gasteiger partial charge in [-0.05, 0) is 18.6 Å². The fourth-order valence-electron chi connectivity index (χ4n) is 0.923. The minimum Gasteiger partial charge on any atom is -0.236 e. The van der Waals surface area contributed by atoms with Crippen LogP contribution in [0.25, 0.3) is 0 Å². The summed E-state index contributed by atoms with van der Waals surface area (Å²) in [4.78, 5) is 3.83. The van der Waals surface area contributed by atoms with Gasteiger partial charge in [-0.1, -0.05) is 19.4 Å². The highest BCUT2D eigenvalue weighted by Gasteiger charge is 2.12. The molecule has 0 atom stereocenters. The highest BCUT2D eigenvalue weighted by molar-refractivity contribution is 7.89. The van der Waals surface area contributed by atoms with Gasteiger partial charge in [0.05, 0.1) is 5.75 Å². The van der Waals surface area contributed by atoms with E-state index >= 15 is 0 Å². The first-order chi connectivity index (χ1) is 6.64. The van der Waals surface area contributed by atoms with E-state index in [0.717, 1.165) is 6.42 Å². The number of hydrogen-bond acceptors (Lipinski definition) is 3. The van der Waals surface area contributed by atoms with E-state index in [9.17, 15) is 8.42 Å². The second-order valence-corrected chi connectivity index (χ2v) is 4.67. The van der Waals surface area contributed by atoms with E-state index in [1.54, 1.807) is 18.2 Å². The van der Waals surface area contributed by atoms with Gasteiger partial charge in [-0.25, -0.2) is 13.4 Å². The number of aromatic nitrogens is 1. The molecular weight excluding hydrogens is 200 g/mol. The van der Waals surface area contributed by atoms with E-state index in [4.69, 9.17) is 0 Å².